The number of amides is 2. The van der Waals surface area contributed by atoms with Gasteiger partial charge in [-0.05, 0) is 35.4 Å². The zero-order chi connectivity index (χ0) is 21.3. The maximum absolute atomic E-state index is 14.0. The van der Waals surface area contributed by atoms with Gasteiger partial charge in [-0.3, -0.25) is 9.59 Å². The number of benzene rings is 1. The molecule has 28 heavy (non-hydrogen) atoms. The van der Waals surface area contributed by atoms with Gasteiger partial charge in [0, 0.05) is 13.8 Å². The molecule has 2 N–H and O–H groups in total. The van der Waals surface area contributed by atoms with Gasteiger partial charge in [-0.2, -0.15) is 22.0 Å². The van der Waals surface area contributed by atoms with Gasteiger partial charge in [-0.25, -0.2) is 9.37 Å². The fourth-order valence-electron chi connectivity index (χ4n) is 2.29. The summed E-state index contributed by atoms with van der Waals surface area (Å²) in [4.78, 5) is 26.3. The number of pyridine rings is 1. The number of rotatable bonds is 4. The molecule has 2 rings (SSSR count). The summed E-state index contributed by atoms with van der Waals surface area (Å²) in [7, 11) is 0. The lowest BCUT2D eigenvalue weighted by atomic mass is 10.0. The van der Waals surface area contributed by atoms with Gasteiger partial charge in [0.1, 0.15) is 17.5 Å². The molecule has 0 bridgehead atoms. The number of aromatic nitrogens is 1. The molecule has 0 spiro atoms. The van der Waals surface area contributed by atoms with Crippen molar-refractivity contribution in [3.8, 4) is 11.1 Å². The molecule has 150 valence electrons. The van der Waals surface area contributed by atoms with Gasteiger partial charge in [0.25, 0.3) is 0 Å². The molecule has 0 radical (unpaired) electrons. The largest absolute Gasteiger partial charge is 0.458 e. The molecule has 2 amide bonds. The van der Waals surface area contributed by atoms with E-state index in [4.69, 9.17) is 0 Å². The molecule has 0 fully saturated rings. The molecule has 5 nitrogen and oxygen atoms in total. The maximum Gasteiger partial charge on any atom is 0.458 e. The van der Waals surface area contributed by atoms with E-state index in [9.17, 15) is 35.9 Å². The molecule has 1 heterocycles. The highest BCUT2D eigenvalue weighted by Crippen LogP contribution is 2.45. The number of alkyl halides is 5. The van der Waals surface area contributed by atoms with Crippen LogP contribution in [0.25, 0.3) is 11.1 Å². The van der Waals surface area contributed by atoms with Crippen molar-refractivity contribution in [3.63, 3.8) is 0 Å². The Labute approximate surface area is 154 Å². The van der Waals surface area contributed by atoms with Crippen molar-refractivity contribution in [2.24, 2.45) is 0 Å². The fourth-order valence-corrected chi connectivity index (χ4v) is 2.29. The van der Waals surface area contributed by atoms with Crippen molar-refractivity contribution in [1.82, 2.24) is 4.98 Å². The molecule has 1 aromatic carbocycles. The van der Waals surface area contributed by atoms with Crippen LogP contribution in [0.2, 0.25) is 0 Å². The molecule has 0 saturated heterocycles. The predicted molar refractivity (Wildman–Crippen MR) is 88.2 cm³/mol. The summed E-state index contributed by atoms with van der Waals surface area (Å²) in [5, 5.41) is 4.67. The molecule has 0 atom stereocenters. The summed E-state index contributed by atoms with van der Waals surface area (Å²) in [6.07, 6.45) is -5.96. The van der Waals surface area contributed by atoms with Crippen LogP contribution in [-0.4, -0.2) is 23.0 Å². The van der Waals surface area contributed by atoms with Crippen molar-refractivity contribution in [1.29, 1.82) is 0 Å². The Morgan fingerprint density at radius 3 is 1.75 bits per heavy atom. The number of halogens is 6. The average Bonchev–Trinajstić information content (AvgIpc) is 2.51. The van der Waals surface area contributed by atoms with E-state index in [2.05, 4.69) is 15.6 Å². The van der Waals surface area contributed by atoms with Gasteiger partial charge in [0.15, 0.2) is 0 Å². The standard InChI is InChI=1S/C17H13F6N3O2/c1-8(27)24-14-6-11(7-15(26-14)25-9(2)28)10-3-4-12(13(18)5-10)16(19,20)17(21,22)23/h3-7H,1-2H3,(H2,24,25,26,27,28). The average molecular weight is 405 g/mol. The lowest BCUT2D eigenvalue weighted by Gasteiger charge is -2.20. The van der Waals surface area contributed by atoms with Crippen molar-refractivity contribution in [3.05, 3.63) is 41.7 Å². The summed E-state index contributed by atoms with van der Waals surface area (Å²) in [6.45, 7) is 2.36. The molecular weight excluding hydrogens is 392 g/mol. The topological polar surface area (TPSA) is 71.1 Å². The minimum absolute atomic E-state index is 0.0427. The zero-order valence-electron chi connectivity index (χ0n) is 14.4. The number of hydrogen-bond acceptors (Lipinski definition) is 3. The first-order valence-electron chi connectivity index (χ1n) is 7.63. The van der Waals surface area contributed by atoms with E-state index in [-0.39, 0.29) is 22.8 Å². The lowest BCUT2D eigenvalue weighted by Crippen LogP contribution is -2.34. The van der Waals surface area contributed by atoms with Gasteiger partial charge in [0.05, 0.1) is 5.56 Å². The predicted octanol–water partition coefficient (Wildman–Crippen LogP) is 4.46. The molecule has 11 heteroatoms. The first-order chi connectivity index (χ1) is 12.8. The molecular formula is C17H13F6N3O2. The van der Waals surface area contributed by atoms with Crippen LogP contribution in [0.5, 0.6) is 0 Å². The minimum atomic E-state index is -5.96. The molecule has 0 aliphatic heterocycles. The van der Waals surface area contributed by atoms with E-state index < -0.39 is 35.3 Å². The van der Waals surface area contributed by atoms with Crippen molar-refractivity contribution >= 4 is 23.5 Å². The third-order valence-corrected chi connectivity index (χ3v) is 3.43. The van der Waals surface area contributed by atoms with Crippen molar-refractivity contribution in [2.45, 2.75) is 25.9 Å². The summed E-state index contributed by atoms with van der Waals surface area (Å²) >= 11 is 0. The van der Waals surface area contributed by atoms with Gasteiger partial charge >= 0.3 is 12.1 Å². The van der Waals surface area contributed by atoms with Gasteiger partial charge < -0.3 is 10.6 Å². The minimum Gasteiger partial charge on any atom is -0.311 e. The fraction of sp³-hybridized carbons (Fsp3) is 0.235. The number of nitrogens with zero attached hydrogens (tertiary/aromatic N) is 1. The summed E-state index contributed by atoms with van der Waals surface area (Å²) in [5.74, 6) is -8.23. The number of carbonyl (C=O) groups is 2. The Balaban J connectivity index is 2.53. The Morgan fingerprint density at radius 1 is 0.857 bits per heavy atom. The van der Waals surface area contributed by atoms with Crippen molar-refractivity contribution < 1.29 is 35.9 Å². The molecule has 0 saturated carbocycles. The van der Waals surface area contributed by atoms with Gasteiger partial charge in [-0.15, -0.1) is 0 Å². The number of nitrogens with one attached hydrogen (secondary N) is 2. The van der Waals surface area contributed by atoms with E-state index in [0.29, 0.717) is 12.1 Å². The first-order valence-corrected chi connectivity index (χ1v) is 7.63. The lowest BCUT2D eigenvalue weighted by molar-refractivity contribution is -0.290. The van der Waals surface area contributed by atoms with E-state index in [1.807, 2.05) is 0 Å². The summed E-state index contributed by atoms with van der Waals surface area (Å²) in [6, 6.07) is 4.17. The van der Waals surface area contributed by atoms with Gasteiger partial charge in [0.2, 0.25) is 11.8 Å². The van der Waals surface area contributed by atoms with Crippen LogP contribution in [0.3, 0.4) is 0 Å². The number of carbonyl (C=O) groups excluding carboxylic acids is 2. The zero-order valence-corrected chi connectivity index (χ0v) is 14.4. The quantitative estimate of drug-likeness (QED) is 0.738. The second-order valence-corrected chi connectivity index (χ2v) is 5.76. The highest BCUT2D eigenvalue weighted by molar-refractivity contribution is 5.91. The Kier molecular flexibility index (Phi) is 5.67. The second kappa shape index (κ2) is 7.49. The monoisotopic (exact) mass is 405 g/mol. The highest BCUT2D eigenvalue weighted by atomic mass is 19.4. The molecule has 0 aliphatic carbocycles. The van der Waals surface area contributed by atoms with E-state index >= 15 is 0 Å². The Bertz CT molecular complexity index is 893. The third-order valence-electron chi connectivity index (χ3n) is 3.43. The second-order valence-electron chi connectivity index (χ2n) is 5.76. The van der Waals surface area contributed by atoms with Gasteiger partial charge in [-0.1, -0.05) is 6.07 Å². The Hall–Kier alpha value is -3.11. The SMILES string of the molecule is CC(=O)Nc1cc(-c2ccc(C(F)(F)C(F)(F)F)c(F)c2)cc(NC(C)=O)n1. The van der Waals surface area contributed by atoms with E-state index in [1.165, 1.54) is 26.0 Å². The van der Waals surface area contributed by atoms with Crippen LogP contribution < -0.4 is 10.6 Å². The Morgan fingerprint density at radius 2 is 1.36 bits per heavy atom. The van der Waals surface area contributed by atoms with Crippen LogP contribution in [0.1, 0.15) is 19.4 Å². The third kappa shape index (κ3) is 4.59. The van der Waals surface area contributed by atoms with Crippen LogP contribution in [-0.2, 0) is 15.5 Å². The summed E-state index contributed by atoms with van der Waals surface area (Å²) in [5.41, 5.74) is -1.77. The molecule has 0 aliphatic rings. The van der Waals surface area contributed by atoms with Crippen LogP contribution >= 0.6 is 0 Å². The van der Waals surface area contributed by atoms with Crippen LogP contribution in [0.4, 0.5) is 38.0 Å². The number of anilines is 2. The maximum atomic E-state index is 14.0. The molecule has 2 aromatic rings. The van der Waals surface area contributed by atoms with Crippen LogP contribution in [0, 0.1) is 5.82 Å². The number of hydrogen-bond donors (Lipinski definition) is 2. The van der Waals surface area contributed by atoms with Crippen molar-refractivity contribution in [2.75, 3.05) is 10.6 Å². The van der Waals surface area contributed by atoms with E-state index in [0.717, 1.165) is 6.07 Å². The normalized spacial score (nSPS) is 11.9. The van der Waals surface area contributed by atoms with E-state index in [1.54, 1.807) is 0 Å². The van der Waals surface area contributed by atoms with Crippen LogP contribution in [0.15, 0.2) is 30.3 Å². The molecule has 1 aromatic heterocycles. The smallest absolute Gasteiger partial charge is 0.311 e. The highest BCUT2D eigenvalue weighted by Gasteiger charge is 2.59. The molecule has 0 unspecified atom stereocenters. The first kappa shape index (κ1) is 21.2. The summed E-state index contributed by atoms with van der Waals surface area (Å²) < 4.78 is 78.3.